The van der Waals surface area contributed by atoms with Gasteiger partial charge in [-0.2, -0.15) is 0 Å². The Morgan fingerprint density at radius 3 is 2.62 bits per heavy atom. The van der Waals surface area contributed by atoms with Gasteiger partial charge in [-0.15, -0.1) is 0 Å². The number of hydrogen-bond donors (Lipinski definition) is 0. The van der Waals surface area contributed by atoms with Gasteiger partial charge in [-0.25, -0.2) is 0 Å². The third-order valence-electron chi connectivity index (χ3n) is 1.96. The van der Waals surface area contributed by atoms with E-state index in [2.05, 4.69) is 6.58 Å². The predicted molar refractivity (Wildman–Crippen MR) is 54.6 cm³/mol. The Morgan fingerprint density at radius 1 is 1.62 bits per heavy atom. The monoisotopic (exact) mass is 182 g/mol. The second-order valence-electron chi connectivity index (χ2n) is 3.01. The summed E-state index contributed by atoms with van der Waals surface area (Å²) in [4.78, 5) is 10.5. The maximum absolute atomic E-state index is 10.5. The van der Waals surface area contributed by atoms with E-state index < -0.39 is 0 Å². The van der Waals surface area contributed by atoms with Crippen molar-refractivity contribution in [1.82, 2.24) is 0 Å². The van der Waals surface area contributed by atoms with Crippen molar-refractivity contribution in [3.8, 4) is 0 Å². The van der Waals surface area contributed by atoms with Gasteiger partial charge in [0.15, 0.2) is 0 Å². The van der Waals surface area contributed by atoms with E-state index in [4.69, 9.17) is 4.74 Å². The molecule has 2 atom stereocenters. The van der Waals surface area contributed by atoms with Crippen molar-refractivity contribution in [1.29, 1.82) is 0 Å². The quantitative estimate of drug-likeness (QED) is 0.466. The Bertz CT molecular complexity index is 194. The highest BCUT2D eigenvalue weighted by atomic mass is 16.5. The number of hydrogen-bond acceptors (Lipinski definition) is 2. The molecule has 0 N–H and O–H groups in total. The number of allylic oxidation sites excluding steroid dienone is 2. The van der Waals surface area contributed by atoms with Crippen LogP contribution in [0, 0.1) is 0 Å². The molecule has 74 valence electrons. The molecule has 0 heterocycles. The Balaban J connectivity index is 4.11. The number of aldehydes is 1. The van der Waals surface area contributed by atoms with E-state index in [0.29, 0.717) is 0 Å². The summed E-state index contributed by atoms with van der Waals surface area (Å²) in [6, 6.07) is 0. The van der Waals surface area contributed by atoms with Crippen LogP contribution < -0.4 is 0 Å². The van der Waals surface area contributed by atoms with Crippen molar-refractivity contribution in [2.24, 2.45) is 0 Å². The van der Waals surface area contributed by atoms with Crippen LogP contribution in [0.3, 0.4) is 0 Å². The van der Waals surface area contributed by atoms with Crippen LogP contribution in [0.1, 0.15) is 27.2 Å². The minimum absolute atomic E-state index is 0.0202. The first kappa shape index (κ1) is 12.1. The summed E-state index contributed by atoms with van der Waals surface area (Å²) in [6.07, 6.45) is 4.86. The second-order valence-corrected chi connectivity index (χ2v) is 3.01. The fourth-order valence-electron chi connectivity index (χ4n) is 0.915. The van der Waals surface area contributed by atoms with E-state index >= 15 is 0 Å². The molecule has 0 saturated carbocycles. The Morgan fingerprint density at radius 2 is 2.23 bits per heavy atom. The lowest BCUT2D eigenvalue weighted by Gasteiger charge is -2.17. The summed E-state index contributed by atoms with van der Waals surface area (Å²) >= 11 is 0. The van der Waals surface area contributed by atoms with Crippen molar-refractivity contribution < 1.29 is 9.53 Å². The van der Waals surface area contributed by atoms with Gasteiger partial charge in [0.25, 0.3) is 0 Å². The summed E-state index contributed by atoms with van der Waals surface area (Å²) in [5, 5.41) is 0. The smallest absolute Gasteiger partial charge is 0.148 e. The average molecular weight is 182 g/mol. The molecule has 0 aromatic rings. The fraction of sp³-hybridized carbons (Fsp3) is 0.545. The maximum Gasteiger partial charge on any atom is 0.148 e. The molecular formula is C11H18O2. The zero-order valence-electron chi connectivity index (χ0n) is 8.62. The summed E-state index contributed by atoms with van der Waals surface area (Å²) in [6.45, 7) is 9.42. The lowest BCUT2D eigenvalue weighted by Crippen LogP contribution is -2.21. The average Bonchev–Trinajstić information content (AvgIpc) is 2.14. The first-order valence-electron chi connectivity index (χ1n) is 4.55. The summed E-state index contributed by atoms with van der Waals surface area (Å²) < 4.78 is 5.48. The van der Waals surface area contributed by atoms with Crippen LogP contribution in [0.2, 0.25) is 0 Å². The van der Waals surface area contributed by atoms with Crippen LogP contribution in [0.4, 0.5) is 0 Å². The van der Waals surface area contributed by atoms with Crippen LogP contribution in [0.15, 0.2) is 24.3 Å². The molecule has 2 heteroatoms. The highest BCUT2D eigenvalue weighted by Crippen LogP contribution is 2.09. The van der Waals surface area contributed by atoms with E-state index in [1.165, 1.54) is 0 Å². The molecule has 0 amide bonds. The molecule has 0 rings (SSSR count). The summed E-state index contributed by atoms with van der Waals surface area (Å²) in [5.74, 6) is 0. The molecule has 0 aliphatic heterocycles. The van der Waals surface area contributed by atoms with Gasteiger partial charge < -0.3 is 9.53 Å². The number of carbonyl (C=O) groups excluding carboxylic acids is 1. The number of ether oxygens (including phenoxy) is 1. The molecule has 0 aromatic carbocycles. The first-order valence-corrected chi connectivity index (χ1v) is 4.55. The molecule has 0 spiro atoms. The van der Waals surface area contributed by atoms with Crippen molar-refractivity contribution in [2.75, 3.05) is 0 Å². The predicted octanol–water partition coefficient (Wildman–Crippen LogP) is 2.50. The van der Waals surface area contributed by atoms with E-state index in [9.17, 15) is 4.79 Å². The first-order chi connectivity index (χ1) is 6.15. The number of carbonyl (C=O) groups is 1. The molecule has 0 aliphatic carbocycles. The van der Waals surface area contributed by atoms with Crippen molar-refractivity contribution in [3.63, 3.8) is 0 Å². The minimum Gasteiger partial charge on any atom is -0.363 e. The molecule has 0 saturated heterocycles. The summed E-state index contributed by atoms with van der Waals surface area (Å²) in [5.41, 5.74) is 1.08. The second kappa shape index (κ2) is 6.61. The molecule has 13 heavy (non-hydrogen) atoms. The molecule has 0 fully saturated rings. The SMILES string of the molecule is C=CC=C(C)C(C)OC(C=O)CC. The van der Waals surface area contributed by atoms with Crippen molar-refractivity contribution >= 4 is 6.29 Å². The minimum atomic E-state index is -0.289. The molecule has 0 bridgehead atoms. The Hall–Kier alpha value is -0.890. The van der Waals surface area contributed by atoms with Crippen molar-refractivity contribution in [2.45, 2.75) is 39.4 Å². The fourth-order valence-corrected chi connectivity index (χ4v) is 0.915. The lowest BCUT2D eigenvalue weighted by atomic mass is 10.1. The van der Waals surface area contributed by atoms with E-state index in [0.717, 1.165) is 18.3 Å². The van der Waals surface area contributed by atoms with Gasteiger partial charge in [-0.1, -0.05) is 25.7 Å². The normalized spacial score (nSPS) is 16.4. The van der Waals surface area contributed by atoms with Crippen LogP contribution in [-0.2, 0) is 9.53 Å². The lowest BCUT2D eigenvalue weighted by molar-refractivity contribution is -0.120. The Labute approximate surface area is 80.3 Å². The molecule has 0 aliphatic rings. The third kappa shape index (κ3) is 4.63. The van der Waals surface area contributed by atoms with Gasteiger partial charge in [0.05, 0.1) is 6.10 Å². The molecule has 2 nitrogen and oxygen atoms in total. The van der Waals surface area contributed by atoms with Gasteiger partial charge in [0.2, 0.25) is 0 Å². The van der Waals surface area contributed by atoms with Gasteiger partial charge in [0.1, 0.15) is 12.4 Å². The third-order valence-corrected chi connectivity index (χ3v) is 1.96. The number of rotatable bonds is 6. The molecule has 0 aromatic heterocycles. The van der Waals surface area contributed by atoms with Crippen LogP contribution in [-0.4, -0.2) is 18.5 Å². The standard InChI is InChI=1S/C11H18O2/c1-5-7-9(3)10(4)13-11(6-2)8-12/h5,7-8,10-11H,1,6H2,2-4H3. The maximum atomic E-state index is 10.5. The van der Waals surface area contributed by atoms with E-state index in [-0.39, 0.29) is 12.2 Å². The van der Waals surface area contributed by atoms with E-state index in [1.807, 2.05) is 26.8 Å². The highest BCUT2D eigenvalue weighted by molar-refractivity contribution is 5.55. The van der Waals surface area contributed by atoms with Gasteiger partial charge >= 0.3 is 0 Å². The van der Waals surface area contributed by atoms with E-state index in [1.54, 1.807) is 6.08 Å². The van der Waals surface area contributed by atoms with Crippen LogP contribution >= 0.6 is 0 Å². The highest BCUT2D eigenvalue weighted by Gasteiger charge is 2.10. The Kier molecular flexibility index (Phi) is 6.15. The molecule has 2 unspecified atom stereocenters. The zero-order chi connectivity index (χ0) is 10.3. The molecular weight excluding hydrogens is 164 g/mol. The summed E-state index contributed by atoms with van der Waals surface area (Å²) in [7, 11) is 0. The van der Waals surface area contributed by atoms with Gasteiger partial charge in [0, 0.05) is 0 Å². The molecule has 0 radical (unpaired) electrons. The van der Waals surface area contributed by atoms with Crippen LogP contribution in [0.25, 0.3) is 0 Å². The van der Waals surface area contributed by atoms with Crippen molar-refractivity contribution in [3.05, 3.63) is 24.3 Å². The topological polar surface area (TPSA) is 26.3 Å². The van der Waals surface area contributed by atoms with Gasteiger partial charge in [-0.05, 0) is 25.8 Å². The van der Waals surface area contributed by atoms with Crippen LogP contribution in [0.5, 0.6) is 0 Å². The zero-order valence-corrected chi connectivity index (χ0v) is 8.62. The van der Waals surface area contributed by atoms with Gasteiger partial charge in [-0.3, -0.25) is 0 Å². The largest absolute Gasteiger partial charge is 0.363 e.